The molecule has 1 fully saturated rings. The zero-order valence-electron chi connectivity index (χ0n) is 15.9. The molecule has 4 rings (SSSR count). The fourth-order valence-electron chi connectivity index (χ4n) is 3.83. The molecule has 0 aliphatic carbocycles. The van der Waals surface area contributed by atoms with Crippen LogP contribution in [0.1, 0.15) is 31.2 Å². The monoisotopic (exact) mass is 364 g/mol. The molecule has 3 nitrogen and oxygen atoms in total. The van der Waals surface area contributed by atoms with Gasteiger partial charge in [-0.05, 0) is 68.6 Å². The molecule has 3 aromatic rings. The van der Waals surface area contributed by atoms with Crippen molar-refractivity contribution in [2.75, 3.05) is 13.1 Å². The van der Waals surface area contributed by atoms with E-state index >= 15 is 0 Å². The van der Waals surface area contributed by atoms with Crippen LogP contribution < -0.4 is 0 Å². The molecule has 1 saturated heterocycles. The number of aryl methyl sites for hydroxylation is 1. The maximum atomic E-state index is 13.4. The van der Waals surface area contributed by atoms with Crippen LogP contribution in [0, 0.1) is 12.7 Å². The van der Waals surface area contributed by atoms with Gasteiger partial charge in [-0.2, -0.15) is 0 Å². The van der Waals surface area contributed by atoms with Crippen molar-refractivity contribution < 1.29 is 8.81 Å². The molecule has 1 aromatic heterocycles. The van der Waals surface area contributed by atoms with Crippen molar-refractivity contribution in [3.05, 3.63) is 65.8 Å². The van der Waals surface area contributed by atoms with Crippen LogP contribution in [0.15, 0.2) is 52.9 Å². The number of benzene rings is 2. The van der Waals surface area contributed by atoms with E-state index in [0.29, 0.717) is 11.9 Å². The molecule has 0 radical (unpaired) electrons. The Balaban J connectivity index is 1.48. The molecule has 0 amide bonds. The van der Waals surface area contributed by atoms with E-state index < -0.39 is 0 Å². The minimum Gasteiger partial charge on any atom is -0.441 e. The van der Waals surface area contributed by atoms with E-state index in [1.807, 2.05) is 37.3 Å². The quantitative estimate of drug-likeness (QED) is 0.600. The van der Waals surface area contributed by atoms with E-state index in [2.05, 4.69) is 11.8 Å². The summed E-state index contributed by atoms with van der Waals surface area (Å²) in [4.78, 5) is 7.26. The van der Waals surface area contributed by atoms with Crippen LogP contribution in [0.3, 0.4) is 0 Å². The van der Waals surface area contributed by atoms with E-state index in [4.69, 9.17) is 9.40 Å². The molecule has 0 saturated carbocycles. The molecule has 1 aliphatic heterocycles. The minimum atomic E-state index is -0.225. The number of oxazole rings is 1. The van der Waals surface area contributed by atoms with Gasteiger partial charge in [0, 0.05) is 24.6 Å². The normalized spacial score (nSPS) is 17.5. The number of likely N-dealkylation sites (tertiary alicyclic amines) is 1. The van der Waals surface area contributed by atoms with Gasteiger partial charge in [0.15, 0.2) is 0 Å². The Bertz CT molecular complexity index is 916. The van der Waals surface area contributed by atoms with Crippen LogP contribution in [0.25, 0.3) is 22.6 Å². The van der Waals surface area contributed by atoms with Crippen LogP contribution in [-0.2, 0) is 6.42 Å². The average molecular weight is 364 g/mol. The summed E-state index contributed by atoms with van der Waals surface area (Å²) < 4.78 is 19.3. The molecule has 2 aromatic carbocycles. The van der Waals surface area contributed by atoms with Crippen molar-refractivity contribution in [1.82, 2.24) is 9.88 Å². The van der Waals surface area contributed by atoms with Crippen LogP contribution in [0.4, 0.5) is 4.39 Å². The standard InChI is InChI=1S/C23H25FN2O/c1-16-5-4-13-26(16)14-12-22-17(2)27-23(25-22)19-10-8-18(9-11-19)20-6-3-7-21(24)15-20/h3,6-11,15-16H,4-5,12-14H2,1-2H3/t16-/m1/s1. The molecule has 27 heavy (non-hydrogen) atoms. The molecule has 0 unspecified atom stereocenters. The number of rotatable bonds is 5. The van der Waals surface area contributed by atoms with E-state index in [0.717, 1.165) is 41.1 Å². The lowest BCUT2D eigenvalue weighted by molar-refractivity contribution is 0.271. The van der Waals surface area contributed by atoms with Gasteiger partial charge in [-0.25, -0.2) is 9.37 Å². The molecule has 1 atom stereocenters. The van der Waals surface area contributed by atoms with Gasteiger partial charge in [0.05, 0.1) is 5.69 Å². The highest BCUT2D eigenvalue weighted by Crippen LogP contribution is 2.27. The van der Waals surface area contributed by atoms with E-state index in [1.165, 1.54) is 25.5 Å². The highest BCUT2D eigenvalue weighted by atomic mass is 19.1. The summed E-state index contributed by atoms with van der Waals surface area (Å²) in [6, 6.07) is 15.2. The first kappa shape index (κ1) is 17.9. The summed E-state index contributed by atoms with van der Waals surface area (Å²) >= 11 is 0. The second-order valence-corrected chi connectivity index (χ2v) is 7.39. The molecular weight excluding hydrogens is 339 g/mol. The first-order chi connectivity index (χ1) is 13.1. The molecule has 4 heteroatoms. The van der Waals surface area contributed by atoms with E-state index in [-0.39, 0.29) is 5.82 Å². The minimum absolute atomic E-state index is 0.225. The Morgan fingerprint density at radius 2 is 1.89 bits per heavy atom. The third-order valence-electron chi connectivity index (χ3n) is 5.51. The predicted octanol–water partition coefficient (Wildman–Crippen LogP) is 5.48. The number of aromatic nitrogens is 1. The molecule has 140 valence electrons. The highest BCUT2D eigenvalue weighted by molar-refractivity contribution is 5.67. The largest absolute Gasteiger partial charge is 0.441 e. The van der Waals surface area contributed by atoms with Crippen LogP contribution in [0.5, 0.6) is 0 Å². The zero-order valence-corrected chi connectivity index (χ0v) is 15.9. The van der Waals surface area contributed by atoms with Gasteiger partial charge >= 0.3 is 0 Å². The summed E-state index contributed by atoms with van der Waals surface area (Å²) in [7, 11) is 0. The Labute approximate surface area is 159 Å². The molecular formula is C23H25FN2O. The highest BCUT2D eigenvalue weighted by Gasteiger charge is 2.21. The Hall–Kier alpha value is -2.46. The average Bonchev–Trinajstić information content (AvgIpc) is 3.25. The first-order valence-electron chi connectivity index (χ1n) is 9.67. The summed E-state index contributed by atoms with van der Waals surface area (Å²) in [6.07, 6.45) is 3.50. The van der Waals surface area contributed by atoms with Crippen molar-refractivity contribution in [3.8, 4) is 22.6 Å². The van der Waals surface area contributed by atoms with Crippen molar-refractivity contribution in [3.63, 3.8) is 0 Å². The van der Waals surface area contributed by atoms with Crippen LogP contribution in [-0.4, -0.2) is 29.0 Å². The molecule has 0 spiro atoms. The van der Waals surface area contributed by atoms with Gasteiger partial charge in [0.1, 0.15) is 11.6 Å². The lowest BCUT2D eigenvalue weighted by atomic mass is 10.0. The first-order valence-corrected chi connectivity index (χ1v) is 9.67. The maximum absolute atomic E-state index is 13.4. The number of hydrogen-bond acceptors (Lipinski definition) is 3. The van der Waals surface area contributed by atoms with Crippen molar-refractivity contribution in [2.45, 2.75) is 39.2 Å². The predicted molar refractivity (Wildman–Crippen MR) is 106 cm³/mol. The van der Waals surface area contributed by atoms with Gasteiger partial charge in [-0.1, -0.05) is 24.3 Å². The number of hydrogen-bond donors (Lipinski definition) is 0. The van der Waals surface area contributed by atoms with Crippen molar-refractivity contribution in [1.29, 1.82) is 0 Å². The fourth-order valence-corrected chi connectivity index (χ4v) is 3.83. The van der Waals surface area contributed by atoms with Gasteiger partial charge in [-0.15, -0.1) is 0 Å². The number of halogens is 1. The third kappa shape index (κ3) is 3.96. The van der Waals surface area contributed by atoms with Gasteiger partial charge in [-0.3, -0.25) is 0 Å². The lowest BCUT2D eigenvalue weighted by Crippen LogP contribution is -2.29. The number of nitrogens with zero attached hydrogens (tertiary/aromatic N) is 2. The molecule has 2 heterocycles. The molecule has 0 N–H and O–H groups in total. The van der Waals surface area contributed by atoms with Crippen molar-refractivity contribution in [2.24, 2.45) is 0 Å². The maximum Gasteiger partial charge on any atom is 0.226 e. The van der Waals surface area contributed by atoms with Gasteiger partial charge < -0.3 is 9.32 Å². The van der Waals surface area contributed by atoms with Crippen molar-refractivity contribution >= 4 is 0 Å². The van der Waals surface area contributed by atoms with Crippen LogP contribution in [0.2, 0.25) is 0 Å². The Morgan fingerprint density at radius 1 is 1.11 bits per heavy atom. The van der Waals surface area contributed by atoms with Gasteiger partial charge in [0.25, 0.3) is 0 Å². The summed E-state index contributed by atoms with van der Waals surface area (Å²) in [5, 5.41) is 0. The smallest absolute Gasteiger partial charge is 0.226 e. The Morgan fingerprint density at radius 3 is 2.59 bits per heavy atom. The topological polar surface area (TPSA) is 29.3 Å². The molecule has 0 bridgehead atoms. The fraction of sp³-hybridized carbons (Fsp3) is 0.348. The van der Waals surface area contributed by atoms with E-state index in [9.17, 15) is 4.39 Å². The summed E-state index contributed by atoms with van der Waals surface area (Å²) in [5.41, 5.74) is 3.83. The third-order valence-corrected chi connectivity index (χ3v) is 5.51. The molecule has 1 aliphatic rings. The van der Waals surface area contributed by atoms with Gasteiger partial charge in [0.2, 0.25) is 5.89 Å². The summed E-state index contributed by atoms with van der Waals surface area (Å²) in [5.74, 6) is 1.32. The SMILES string of the molecule is Cc1oc(-c2ccc(-c3cccc(F)c3)cc2)nc1CCN1CCC[C@H]1C. The lowest BCUT2D eigenvalue weighted by Gasteiger charge is -2.20. The summed E-state index contributed by atoms with van der Waals surface area (Å²) in [6.45, 7) is 6.51. The second kappa shape index (κ2) is 7.65. The Kier molecular flexibility index (Phi) is 5.08. The van der Waals surface area contributed by atoms with Crippen LogP contribution >= 0.6 is 0 Å². The zero-order chi connectivity index (χ0) is 18.8. The van der Waals surface area contributed by atoms with E-state index in [1.54, 1.807) is 12.1 Å². The second-order valence-electron chi connectivity index (χ2n) is 7.39.